The molecule has 14 nitrogen and oxygen atoms in total. The maximum atomic E-state index is 13.6. The Labute approximate surface area is 325 Å². The van der Waals surface area contributed by atoms with E-state index >= 15 is 0 Å². The van der Waals surface area contributed by atoms with Crippen LogP contribution in [-0.2, 0) is 19.1 Å². The van der Waals surface area contributed by atoms with Crippen LogP contribution in [-0.4, -0.2) is 93.1 Å². The van der Waals surface area contributed by atoms with Crippen LogP contribution in [0.15, 0.2) is 60.9 Å². The van der Waals surface area contributed by atoms with E-state index < -0.39 is 24.3 Å². The first kappa shape index (κ1) is 38.4. The van der Waals surface area contributed by atoms with Crippen molar-refractivity contribution in [3.05, 3.63) is 72.6 Å². The fourth-order valence-corrected chi connectivity index (χ4v) is 8.02. The van der Waals surface area contributed by atoms with Crippen molar-refractivity contribution >= 4 is 45.5 Å². The lowest BCUT2D eigenvalue weighted by atomic mass is 9.99. The zero-order chi connectivity index (χ0) is 39.7. The van der Waals surface area contributed by atoms with Gasteiger partial charge in [-0.25, -0.2) is 19.6 Å². The molecule has 14 heteroatoms. The van der Waals surface area contributed by atoms with Crippen LogP contribution in [0.25, 0.3) is 44.1 Å². The Bertz CT molecular complexity index is 2100. The van der Waals surface area contributed by atoms with Crippen molar-refractivity contribution in [1.82, 2.24) is 40.4 Å². The van der Waals surface area contributed by atoms with Crippen molar-refractivity contribution in [2.45, 2.75) is 77.5 Å². The lowest BCUT2D eigenvalue weighted by Gasteiger charge is -2.30. The maximum absolute atomic E-state index is 13.6. The molecule has 0 radical (unpaired) electrons. The first-order chi connectivity index (χ1) is 26.9. The molecular formula is C42H50N8O6. The Morgan fingerprint density at radius 1 is 0.643 bits per heavy atom. The Hall–Kier alpha value is -5.92. The van der Waals surface area contributed by atoms with E-state index in [9.17, 15) is 19.2 Å². The van der Waals surface area contributed by atoms with Crippen molar-refractivity contribution in [1.29, 1.82) is 0 Å². The Morgan fingerprint density at radius 2 is 1.05 bits per heavy atom. The van der Waals surface area contributed by atoms with Crippen molar-refractivity contribution in [3.63, 3.8) is 0 Å². The van der Waals surface area contributed by atoms with E-state index in [0.717, 1.165) is 81.4 Å². The summed E-state index contributed by atoms with van der Waals surface area (Å²) in [5.74, 6) is 0.951. The lowest BCUT2D eigenvalue weighted by Crippen LogP contribution is -2.51. The zero-order valence-electron chi connectivity index (χ0n) is 32.7. The van der Waals surface area contributed by atoms with E-state index in [-0.39, 0.29) is 35.7 Å². The summed E-state index contributed by atoms with van der Waals surface area (Å²) in [5.41, 5.74) is 3.70. The second-order valence-corrected chi connectivity index (χ2v) is 15.4. The van der Waals surface area contributed by atoms with Gasteiger partial charge < -0.3 is 39.9 Å². The summed E-state index contributed by atoms with van der Waals surface area (Å²) in [4.78, 5) is 71.2. The Kier molecular flexibility index (Phi) is 11.0. The smallest absolute Gasteiger partial charge is 0.407 e. The SMILES string of the molecule is COC(=O)NC(C(=O)N1CCCC1c1ncc(-c2ccc3cc4cc(-c5cnc([C@H]6CCCN6C(=O)[C@@H](NC(=O)OC)C(C)C)[nH]5)ccc4cc3c2)[nH]1)C(C)C. The summed E-state index contributed by atoms with van der Waals surface area (Å²) in [6.45, 7) is 8.79. The molecule has 2 aliphatic heterocycles. The Morgan fingerprint density at radius 3 is 1.43 bits per heavy atom. The number of nitrogens with zero attached hydrogens (tertiary/aromatic N) is 4. The minimum atomic E-state index is -0.692. The molecule has 2 aromatic heterocycles. The topological polar surface area (TPSA) is 175 Å². The molecule has 2 unspecified atom stereocenters. The molecule has 2 fully saturated rings. The van der Waals surface area contributed by atoms with Crippen LogP contribution in [0.1, 0.15) is 77.1 Å². The van der Waals surface area contributed by atoms with Gasteiger partial charge in [0.05, 0.1) is 50.1 Å². The van der Waals surface area contributed by atoms with E-state index in [4.69, 9.17) is 19.4 Å². The molecule has 7 rings (SSSR count). The van der Waals surface area contributed by atoms with Crippen LogP contribution >= 0.6 is 0 Å². The molecule has 4 heterocycles. The van der Waals surface area contributed by atoms with Crippen molar-refractivity contribution in [3.8, 4) is 22.5 Å². The molecule has 0 saturated carbocycles. The van der Waals surface area contributed by atoms with E-state index in [2.05, 4.69) is 69.1 Å². The zero-order valence-corrected chi connectivity index (χ0v) is 32.7. The fraction of sp³-hybridized carbons (Fsp3) is 0.429. The number of amides is 4. The lowest BCUT2D eigenvalue weighted by molar-refractivity contribution is -0.136. The molecule has 2 aliphatic rings. The summed E-state index contributed by atoms with van der Waals surface area (Å²) < 4.78 is 9.54. The molecule has 56 heavy (non-hydrogen) atoms. The number of imidazole rings is 2. The Balaban J connectivity index is 1.08. The van der Waals surface area contributed by atoms with E-state index in [0.29, 0.717) is 13.1 Å². The second kappa shape index (κ2) is 16.0. The maximum Gasteiger partial charge on any atom is 0.407 e. The van der Waals surface area contributed by atoms with Gasteiger partial charge in [0, 0.05) is 24.2 Å². The van der Waals surface area contributed by atoms with Gasteiger partial charge in [0.25, 0.3) is 0 Å². The number of aromatic nitrogens is 4. The second-order valence-electron chi connectivity index (χ2n) is 15.4. The summed E-state index contributed by atoms with van der Waals surface area (Å²) >= 11 is 0. The molecule has 4 amide bonds. The number of likely N-dealkylation sites (tertiary alicyclic amines) is 2. The number of H-pyrrole nitrogens is 2. The third-order valence-corrected chi connectivity index (χ3v) is 11.1. The summed E-state index contributed by atoms with van der Waals surface area (Å²) in [6.07, 6.45) is 5.64. The molecule has 4 atom stereocenters. The normalized spacial score (nSPS) is 18.1. The third kappa shape index (κ3) is 7.64. The number of nitrogens with one attached hydrogen (secondary N) is 4. The predicted molar refractivity (Wildman–Crippen MR) is 212 cm³/mol. The largest absolute Gasteiger partial charge is 0.453 e. The van der Waals surface area contributed by atoms with Crippen LogP contribution in [0.3, 0.4) is 0 Å². The number of ether oxygens (including phenoxy) is 2. The summed E-state index contributed by atoms with van der Waals surface area (Å²) in [5, 5.41) is 9.76. The number of fused-ring (bicyclic) bond motifs is 2. The quantitative estimate of drug-likeness (QED) is 0.112. The van der Waals surface area contributed by atoms with Gasteiger partial charge in [-0.2, -0.15) is 0 Å². The van der Waals surface area contributed by atoms with E-state index in [1.165, 1.54) is 14.2 Å². The number of methoxy groups -OCH3 is 2. The van der Waals surface area contributed by atoms with Gasteiger partial charge in [0.1, 0.15) is 23.7 Å². The summed E-state index contributed by atoms with van der Waals surface area (Å²) in [7, 11) is 2.58. The number of hydrogen-bond donors (Lipinski definition) is 4. The molecule has 2 saturated heterocycles. The average molecular weight is 763 g/mol. The highest BCUT2D eigenvalue weighted by molar-refractivity contribution is 6.01. The van der Waals surface area contributed by atoms with Crippen LogP contribution in [0, 0.1) is 11.8 Å². The molecule has 0 bridgehead atoms. The molecule has 5 aromatic rings. The number of rotatable bonds is 10. The molecule has 4 N–H and O–H groups in total. The molecule has 294 valence electrons. The molecular weight excluding hydrogens is 713 g/mol. The first-order valence-corrected chi connectivity index (χ1v) is 19.3. The highest BCUT2D eigenvalue weighted by Gasteiger charge is 2.39. The molecule has 0 spiro atoms. The van der Waals surface area contributed by atoms with Crippen LogP contribution in [0.4, 0.5) is 9.59 Å². The monoisotopic (exact) mass is 762 g/mol. The minimum absolute atomic E-state index is 0.108. The van der Waals surface area contributed by atoms with Crippen molar-refractivity contribution < 1.29 is 28.7 Å². The number of carbonyl (C=O) groups excluding carboxylic acids is 4. The molecule has 0 aliphatic carbocycles. The number of hydrogen-bond acceptors (Lipinski definition) is 8. The van der Waals surface area contributed by atoms with Gasteiger partial charge in [-0.05, 0) is 83.3 Å². The van der Waals surface area contributed by atoms with Gasteiger partial charge in [-0.1, -0.05) is 52.0 Å². The average Bonchev–Trinajstić information content (AvgIpc) is 4.03. The number of benzene rings is 3. The first-order valence-electron chi connectivity index (χ1n) is 19.3. The van der Waals surface area contributed by atoms with E-state index in [1.807, 2.05) is 49.9 Å². The van der Waals surface area contributed by atoms with Crippen LogP contribution in [0.2, 0.25) is 0 Å². The standard InChI is InChI=1S/C42H50N8O6/c1-23(2)35(47-41(53)55-5)39(51)49-15-7-9-33(49)37-43-21-31(45-37)27-13-11-25-18-30-20-28(14-12-26(30)17-29(25)19-27)32-22-44-38(46-32)34-10-8-16-50(34)40(52)36(24(3)4)48-42(54)56-6/h11-14,17-24,33-36H,7-10,15-16H2,1-6H3,(H,43,45)(H,44,46)(H,47,53)(H,48,54)/t33-,34?,35+,36?/m1/s1. The van der Waals surface area contributed by atoms with Crippen LogP contribution < -0.4 is 10.6 Å². The fourth-order valence-electron chi connectivity index (χ4n) is 8.02. The minimum Gasteiger partial charge on any atom is -0.453 e. The third-order valence-electron chi connectivity index (χ3n) is 11.1. The highest BCUT2D eigenvalue weighted by Crippen LogP contribution is 2.36. The van der Waals surface area contributed by atoms with Gasteiger partial charge in [0.2, 0.25) is 11.8 Å². The molecule has 3 aromatic carbocycles. The van der Waals surface area contributed by atoms with Crippen molar-refractivity contribution in [2.75, 3.05) is 27.3 Å². The van der Waals surface area contributed by atoms with Gasteiger partial charge in [-0.3, -0.25) is 9.59 Å². The van der Waals surface area contributed by atoms with Gasteiger partial charge >= 0.3 is 12.2 Å². The highest BCUT2D eigenvalue weighted by atomic mass is 16.5. The van der Waals surface area contributed by atoms with Gasteiger partial charge in [0.15, 0.2) is 0 Å². The summed E-state index contributed by atoms with van der Waals surface area (Å²) in [6, 6.07) is 15.2. The number of alkyl carbamates (subject to hydrolysis) is 2. The van der Waals surface area contributed by atoms with E-state index in [1.54, 1.807) is 0 Å². The predicted octanol–water partition coefficient (Wildman–Crippen LogP) is 6.86. The van der Waals surface area contributed by atoms with Gasteiger partial charge in [-0.15, -0.1) is 0 Å². The number of aromatic amines is 2. The van der Waals surface area contributed by atoms with Crippen LogP contribution in [0.5, 0.6) is 0 Å². The number of carbonyl (C=O) groups is 4. The van der Waals surface area contributed by atoms with Crippen molar-refractivity contribution in [2.24, 2.45) is 11.8 Å².